The van der Waals surface area contributed by atoms with Gasteiger partial charge in [-0.1, -0.05) is 55.8 Å². The number of hydrogen-bond acceptors (Lipinski definition) is 2. The van der Waals surface area contributed by atoms with Gasteiger partial charge in [0.25, 0.3) is 0 Å². The molecule has 0 unspecified atom stereocenters. The van der Waals surface area contributed by atoms with Crippen LogP contribution in [0.4, 0.5) is 0 Å². The van der Waals surface area contributed by atoms with Crippen LogP contribution in [-0.4, -0.2) is 24.4 Å². The Bertz CT molecular complexity index is 536. The van der Waals surface area contributed by atoms with Crippen LogP contribution >= 0.6 is 0 Å². The summed E-state index contributed by atoms with van der Waals surface area (Å²) < 4.78 is 6.27. The Labute approximate surface area is 134 Å². The average Bonchev–Trinajstić information content (AvgIpc) is 2.52. The molecule has 1 aromatic carbocycles. The molecule has 22 heavy (non-hydrogen) atoms. The Morgan fingerprint density at radius 1 is 1.23 bits per heavy atom. The summed E-state index contributed by atoms with van der Waals surface area (Å²) in [5, 5.41) is 10.0. The molecule has 1 heterocycles. The summed E-state index contributed by atoms with van der Waals surface area (Å²) in [5.41, 5.74) is 2.73. The maximum Gasteiger partial charge on any atom is 0.0646 e. The molecule has 3 rings (SSSR count). The van der Waals surface area contributed by atoms with Crippen molar-refractivity contribution in [2.75, 3.05) is 13.2 Å². The van der Waals surface area contributed by atoms with Crippen molar-refractivity contribution in [3.63, 3.8) is 0 Å². The van der Waals surface area contributed by atoms with Crippen molar-refractivity contribution < 1.29 is 9.84 Å². The molecule has 2 heteroatoms. The predicted octanol–water partition coefficient (Wildman–Crippen LogP) is 3.85. The third-order valence-corrected chi connectivity index (χ3v) is 6.21. The molecule has 0 spiro atoms. The number of aliphatic hydroxyl groups excluding tert-OH is 1. The molecule has 1 fully saturated rings. The molecule has 1 aromatic rings. The van der Waals surface area contributed by atoms with Gasteiger partial charge in [0.15, 0.2) is 0 Å². The molecule has 0 amide bonds. The third-order valence-electron chi connectivity index (χ3n) is 6.21. The van der Waals surface area contributed by atoms with Gasteiger partial charge in [-0.3, -0.25) is 0 Å². The zero-order valence-electron chi connectivity index (χ0n) is 14.0. The Kier molecular flexibility index (Phi) is 4.42. The van der Waals surface area contributed by atoms with E-state index in [9.17, 15) is 5.11 Å². The Morgan fingerprint density at radius 2 is 1.95 bits per heavy atom. The van der Waals surface area contributed by atoms with Crippen LogP contribution < -0.4 is 0 Å². The van der Waals surface area contributed by atoms with E-state index in [2.05, 4.69) is 57.2 Å². The third kappa shape index (κ3) is 2.53. The first-order chi connectivity index (χ1) is 10.6. The number of benzene rings is 1. The summed E-state index contributed by atoms with van der Waals surface area (Å²) in [7, 11) is 0. The number of aliphatic hydroxyl groups is 1. The summed E-state index contributed by atoms with van der Waals surface area (Å²) in [4.78, 5) is 0. The molecule has 5 atom stereocenters. The minimum absolute atomic E-state index is 0.0899. The second kappa shape index (κ2) is 6.17. The number of hydrogen-bond donors (Lipinski definition) is 1. The number of rotatable bonds is 4. The lowest BCUT2D eigenvalue weighted by Crippen LogP contribution is -2.56. The molecular formula is C20H28O2. The van der Waals surface area contributed by atoms with Gasteiger partial charge in [-0.05, 0) is 37.2 Å². The topological polar surface area (TPSA) is 29.5 Å². The van der Waals surface area contributed by atoms with Crippen molar-refractivity contribution in [3.05, 3.63) is 47.5 Å². The molecular weight excluding hydrogens is 272 g/mol. The summed E-state index contributed by atoms with van der Waals surface area (Å²) in [6, 6.07) is 10.6. The zero-order chi connectivity index (χ0) is 15.7. The number of ether oxygens (including phenoxy) is 1. The molecule has 120 valence electrons. The fraction of sp³-hybridized carbons (Fsp3) is 0.600. The highest BCUT2D eigenvalue weighted by atomic mass is 16.5. The van der Waals surface area contributed by atoms with Crippen molar-refractivity contribution in [2.24, 2.45) is 23.2 Å². The monoisotopic (exact) mass is 300 g/mol. The van der Waals surface area contributed by atoms with Crippen molar-refractivity contribution in [3.8, 4) is 0 Å². The summed E-state index contributed by atoms with van der Waals surface area (Å²) in [5.74, 6) is 1.31. The zero-order valence-corrected chi connectivity index (χ0v) is 14.0. The smallest absolute Gasteiger partial charge is 0.0646 e. The highest BCUT2D eigenvalue weighted by Gasteiger charge is 2.52. The van der Waals surface area contributed by atoms with Gasteiger partial charge in [0.2, 0.25) is 0 Å². The van der Waals surface area contributed by atoms with Crippen molar-refractivity contribution >= 4 is 0 Å². The molecule has 2 nitrogen and oxygen atoms in total. The van der Waals surface area contributed by atoms with Crippen LogP contribution in [0, 0.1) is 23.2 Å². The number of aryl methyl sites for hydroxylation is 1. The van der Waals surface area contributed by atoms with Crippen LogP contribution in [0.1, 0.15) is 32.8 Å². The van der Waals surface area contributed by atoms with E-state index in [0.717, 1.165) is 12.8 Å². The quantitative estimate of drug-likeness (QED) is 0.856. The largest absolute Gasteiger partial charge is 0.396 e. The van der Waals surface area contributed by atoms with Crippen LogP contribution in [0.5, 0.6) is 0 Å². The predicted molar refractivity (Wildman–Crippen MR) is 89.6 cm³/mol. The Balaban J connectivity index is 1.77. The lowest BCUT2D eigenvalue weighted by atomic mass is 9.56. The molecule has 0 saturated carbocycles. The van der Waals surface area contributed by atoms with Crippen LogP contribution in [0.2, 0.25) is 0 Å². The lowest BCUT2D eigenvalue weighted by molar-refractivity contribution is -0.164. The van der Waals surface area contributed by atoms with Gasteiger partial charge in [0.05, 0.1) is 19.3 Å². The molecule has 0 radical (unpaired) electrons. The minimum atomic E-state index is -0.0899. The van der Waals surface area contributed by atoms with Crippen LogP contribution in [0.15, 0.2) is 42.0 Å². The lowest BCUT2D eigenvalue weighted by Gasteiger charge is -2.55. The highest BCUT2D eigenvalue weighted by Crippen LogP contribution is 2.52. The van der Waals surface area contributed by atoms with E-state index >= 15 is 0 Å². The van der Waals surface area contributed by atoms with Gasteiger partial charge < -0.3 is 9.84 Å². The first-order valence-corrected chi connectivity index (χ1v) is 8.53. The van der Waals surface area contributed by atoms with E-state index in [4.69, 9.17) is 4.74 Å². The molecule has 2 bridgehead atoms. The normalized spacial score (nSPS) is 37.7. The maximum absolute atomic E-state index is 10.0. The molecule has 0 aromatic heterocycles. The van der Waals surface area contributed by atoms with Gasteiger partial charge in [-0.15, -0.1) is 0 Å². The van der Waals surface area contributed by atoms with E-state index in [1.54, 1.807) is 0 Å². The number of allylic oxidation sites excluding steroid dienone is 1. The van der Waals surface area contributed by atoms with Crippen molar-refractivity contribution in [1.82, 2.24) is 0 Å². The van der Waals surface area contributed by atoms with E-state index in [-0.39, 0.29) is 18.1 Å². The van der Waals surface area contributed by atoms with Gasteiger partial charge in [0, 0.05) is 11.3 Å². The average molecular weight is 300 g/mol. The summed E-state index contributed by atoms with van der Waals surface area (Å²) in [6.07, 6.45) is 4.77. The first-order valence-electron chi connectivity index (χ1n) is 8.53. The fourth-order valence-electron chi connectivity index (χ4n) is 4.63. The van der Waals surface area contributed by atoms with E-state index in [1.807, 2.05) is 0 Å². The SMILES string of the molecule is CC1=C[C@@H](C)[C@@]2(CO)CO[C@H](CCc3ccccc3)[C@H]1[C@@H]2C. The summed E-state index contributed by atoms with van der Waals surface area (Å²) in [6.45, 7) is 7.68. The highest BCUT2D eigenvalue weighted by molar-refractivity contribution is 5.21. The Morgan fingerprint density at radius 3 is 2.64 bits per heavy atom. The second-order valence-corrected chi connectivity index (χ2v) is 7.28. The van der Waals surface area contributed by atoms with Gasteiger partial charge in [0.1, 0.15) is 0 Å². The van der Waals surface area contributed by atoms with E-state index in [0.29, 0.717) is 24.4 Å². The van der Waals surface area contributed by atoms with Crippen LogP contribution in [0.3, 0.4) is 0 Å². The molecule has 1 aliphatic carbocycles. The molecule has 1 N–H and O–H groups in total. The van der Waals surface area contributed by atoms with Gasteiger partial charge in [-0.25, -0.2) is 0 Å². The van der Waals surface area contributed by atoms with Crippen LogP contribution in [-0.2, 0) is 11.2 Å². The van der Waals surface area contributed by atoms with Gasteiger partial charge >= 0.3 is 0 Å². The molecule has 2 aliphatic rings. The van der Waals surface area contributed by atoms with E-state index in [1.165, 1.54) is 11.1 Å². The number of fused-ring (bicyclic) bond motifs is 2. The minimum Gasteiger partial charge on any atom is -0.396 e. The van der Waals surface area contributed by atoms with Crippen molar-refractivity contribution in [2.45, 2.75) is 39.7 Å². The Hall–Kier alpha value is -1.12. The van der Waals surface area contributed by atoms with E-state index < -0.39 is 0 Å². The maximum atomic E-state index is 10.0. The molecule has 1 saturated heterocycles. The first kappa shape index (κ1) is 15.8. The van der Waals surface area contributed by atoms with Crippen LogP contribution in [0.25, 0.3) is 0 Å². The standard InChI is InChI=1S/C20H28O2/c1-14-11-15(2)20(12-21)13-22-18(19(14)16(20)3)10-9-17-7-5-4-6-8-17/h4-8,11,15-16,18-19,21H,9-10,12-13H2,1-3H3/t15-,16+,18-,19-,20-/m1/s1. The van der Waals surface area contributed by atoms with Gasteiger partial charge in [-0.2, -0.15) is 0 Å². The van der Waals surface area contributed by atoms with Crippen molar-refractivity contribution in [1.29, 1.82) is 0 Å². The second-order valence-electron chi connectivity index (χ2n) is 7.28. The summed E-state index contributed by atoms with van der Waals surface area (Å²) >= 11 is 0. The molecule has 1 aliphatic heterocycles. The fourth-order valence-corrected chi connectivity index (χ4v) is 4.63.